The fraction of sp³-hybridized carbons (Fsp3) is 0.346. The molecule has 42 heavy (non-hydrogen) atoms. The first kappa shape index (κ1) is 28.7. The summed E-state index contributed by atoms with van der Waals surface area (Å²) in [7, 11) is 0. The summed E-state index contributed by atoms with van der Waals surface area (Å²) in [4.78, 5) is 33.5. The third-order valence-corrected chi connectivity index (χ3v) is 6.86. The van der Waals surface area contributed by atoms with E-state index in [4.69, 9.17) is 4.74 Å². The largest absolute Gasteiger partial charge is 0.486 e. The molecule has 1 atom stereocenters. The highest BCUT2D eigenvalue weighted by Crippen LogP contribution is 2.40. The maximum Gasteiger partial charge on any atom is 0.421 e. The van der Waals surface area contributed by atoms with E-state index in [1.54, 1.807) is 9.80 Å². The zero-order chi connectivity index (χ0) is 30.2. The molecule has 0 spiro atoms. The van der Waals surface area contributed by atoms with Gasteiger partial charge in [-0.1, -0.05) is 0 Å². The number of nitrogens with zero attached hydrogens (tertiary/aromatic N) is 6. The number of nitriles is 1. The average Bonchev–Trinajstić information content (AvgIpc) is 2.96. The Morgan fingerprint density at radius 1 is 1.02 bits per heavy atom. The minimum Gasteiger partial charge on any atom is -0.486 e. The van der Waals surface area contributed by atoms with Gasteiger partial charge < -0.3 is 19.4 Å². The zero-order valence-electron chi connectivity index (χ0n) is 21.5. The first-order chi connectivity index (χ1) is 19.8. The predicted molar refractivity (Wildman–Crippen MR) is 135 cm³/mol. The standard InChI is InChI=1S/C26H21F6N7O3/c27-25(28,29)16-2-4-21(34-13-16)37-5-7-38(8-6-37)23(40)10-17-14-39(19-9-15(12-33)1-3-20(19)42-17)22-11-18(26(30,31)32)24(41)36-35-22/h1-4,9,11,13,17H,5-8,10,14H2,(H,36,41)/t17-/m1/s1. The molecule has 3 aromatic rings. The zero-order valence-corrected chi connectivity index (χ0v) is 21.5. The monoisotopic (exact) mass is 593 g/mol. The van der Waals surface area contributed by atoms with Crippen LogP contribution in [0.25, 0.3) is 0 Å². The molecule has 2 aliphatic heterocycles. The Labute approximate surface area is 233 Å². The van der Waals surface area contributed by atoms with E-state index >= 15 is 0 Å². The van der Waals surface area contributed by atoms with Gasteiger partial charge in [0.15, 0.2) is 5.82 Å². The van der Waals surface area contributed by atoms with Gasteiger partial charge in [0.1, 0.15) is 23.2 Å². The van der Waals surface area contributed by atoms with Crippen molar-refractivity contribution in [3.05, 3.63) is 69.6 Å². The van der Waals surface area contributed by atoms with Crippen LogP contribution in [0.4, 0.5) is 43.7 Å². The predicted octanol–water partition coefficient (Wildman–Crippen LogP) is 3.71. The normalized spacial score (nSPS) is 17.4. The molecule has 2 aromatic heterocycles. The molecule has 220 valence electrons. The molecule has 0 bridgehead atoms. The number of aromatic nitrogens is 3. The average molecular weight is 593 g/mol. The van der Waals surface area contributed by atoms with Crippen LogP contribution in [0.3, 0.4) is 0 Å². The van der Waals surface area contributed by atoms with Crippen molar-refractivity contribution in [2.45, 2.75) is 24.9 Å². The molecule has 5 rings (SSSR count). The van der Waals surface area contributed by atoms with Gasteiger partial charge in [-0.15, -0.1) is 0 Å². The Hall–Kier alpha value is -4.81. The van der Waals surface area contributed by atoms with Crippen LogP contribution in [-0.4, -0.2) is 64.8 Å². The van der Waals surface area contributed by atoms with Crippen LogP contribution in [-0.2, 0) is 17.1 Å². The van der Waals surface area contributed by atoms with Gasteiger partial charge in [0.2, 0.25) is 5.91 Å². The lowest BCUT2D eigenvalue weighted by Crippen LogP contribution is -2.50. The second-order valence-corrected chi connectivity index (χ2v) is 9.59. The number of benzene rings is 1. The molecule has 0 unspecified atom stereocenters. The number of H-pyrrole nitrogens is 1. The Balaban J connectivity index is 1.30. The Bertz CT molecular complexity index is 1580. The van der Waals surface area contributed by atoms with E-state index in [1.807, 2.05) is 11.2 Å². The summed E-state index contributed by atoms with van der Waals surface area (Å²) in [6.45, 7) is 1.05. The molecular formula is C26H21F6N7O3. The van der Waals surface area contributed by atoms with Crippen molar-refractivity contribution in [3.8, 4) is 11.8 Å². The molecule has 0 radical (unpaired) electrons. The molecule has 1 N–H and O–H groups in total. The van der Waals surface area contributed by atoms with Crippen molar-refractivity contribution in [1.29, 1.82) is 5.26 Å². The van der Waals surface area contributed by atoms with Crippen LogP contribution in [0.2, 0.25) is 0 Å². The number of hydrogen-bond donors (Lipinski definition) is 1. The Kier molecular flexibility index (Phi) is 7.43. The molecule has 1 saturated heterocycles. The first-order valence-electron chi connectivity index (χ1n) is 12.5. The van der Waals surface area contributed by atoms with Gasteiger partial charge in [0, 0.05) is 38.4 Å². The van der Waals surface area contributed by atoms with Gasteiger partial charge in [0.05, 0.1) is 35.8 Å². The molecule has 0 saturated carbocycles. The number of halogens is 6. The summed E-state index contributed by atoms with van der Waals surface area (Å²) in [5.74, 6) is -0.00159. The van der Waals surface area contributed by atoms with E-state index < -0.39 is 35.1 Å². The van der Waals surface area contributed by atoms with Crippen LogP contribution in [0.15, 0.2) is 47.4 Å². The summed E-state index contributed by atoms with van der Waals surface area (Å²) in [6, 6.07) is 9.08. The lowest BCUT2D eigenvalue weighted by molar-refractivity contribution is -0.139. The van der Waals surface area contributed by atoms with E-state index in [2.05, 4.69) is 10.1 Å². The van der Waals surface area contributed by atoms with E-state index in [9.17, 15) is 41.2 Å². The van der Waals surface area contributed by atoms with E-state index in [0.717, 1.165) is 12.3 Å². The van der Waals surface area contributed by atoms with E-state index in [1.165, 1.54) is 29.2 Å². The van der Waals surface area contributed by atoms with Gasteiger partial charge in [-0.05, 0) is 30.3 Å². The number of fused-ring (bicyclic) bond motifs is 1. The summed E-state index contributed by atoms with van der Waals surface area (Å²) in [5.41, 5.74) is -3.28. The lowest BCUT2D eigenvalue weighted by atomic mass is 10.1. The number of hydrogen-bond acceptors (Lipinski definition) is 8. The maximum atomic E-state index is 13.4. The molecular weight excluding hydrogens is 572 g/mol. The SMILES string of the molecule is N#Cc1ccc2c(c1)N(c1cc(C(F)(F)F)c(=O)[nH]n1)C[C@@H](CC(=O)N1CCN(c3ccc(C(F)(F)F)cn3)CC1)O2. The molecule has 1 fully saturated rings. The van der Waals surface area contributed by atoms with Crippen LogP contribution in [0.1, 0.15) is 23.1 Å². The quantitative estimate of drug-likeness (QED) is 0.455. The first-order valence-corrected chi connectivity index (χ1v) is 12.5. The number of rotatable bonds is 4. The summed E-state index contributed by atoms with van der Waals surface area (Å²) in [6.07, 6.45) is -9.66. The number of aromatic amines is 1. The minimum atomic E-state index is -4.94. The van der Waals surface area contributed by atoms with Crippen molar-refractivity contribution in [1.82, 2.24) is 20.1 Å². The molecule has 0 aliphatic carbocycles. The molecule has 2 aliphatic rings. The van der Waals surface area contributed by atoms with Crippen molar-refractivity contribution >= 4 is 23.2 Å². The number of amides is 1. The van der Waals surface area contributed by atoms with E-state index in [0.29, 0.717) is 25.0 Å². The fourth-order valence-electron chi connectivity index (χ4n) is 4.73. The van der Waals surface area contributed by atoms with Gasteiger partial charge in [-0.25, -0.2) is 10.1 Å². The summed E-state index contributed by atoms with van der Waals surface area (Å²) < 4.78 is 84.7. The third-order valence-electron chi connectivity index (χ3n) is 6.86. The fourth-order valence-corrected chi connectivity index (χ4v) is 4.73. The molecule has 4 heterocycles. The maximum absolute atomic E-state index is 13.4. The topological polar surface area (TPSA) is 118 Å². The highest BCUT2D eigenvalue weighted by Gasteiger charge is 2.37. The second kappa shape index (κ2) is 10.9. The van der Waals surface area contributed by atoms with Gasteiger partial charge in [0.25, 0.3) is 5.56 Å². The smallest absolute Gasteiger partial charge is 0.421 e. The number of alkyl halides is 6. The van der Waals surface area contributed by atoms with Crippen molar-refractivity contribution in [2.24, 2.45) is 0 Å². The molecule has 1 amide bonds. The van der Waals surface area contributed by atoms with Gasteiger partial charge in [-0.3, -0.25) is 9.59 Å². The number of piperazine rings is 1. The van der Waals surface area contributed by atoms with Crippen LogP contribution in [0, 0.1) is 11.3 Å². The van der Waals surface area contributed by atoms with Crippen LogP contribution in [0.5, 0.6) is 5.75 Å². The number of anilines is 3. The van der Waals surface area contributed by atoms with Crippen molar-refractivity contribution in [2.75, 3.05) is 42.5 Å². The third kappa shape index (κ3) is 5.94. The minimum absolute atomic E-state index is 0.112. The lowest BCUT2D eigenvalue weighted by Gasteiger charge is -2.38. The van der Waals surface area contributed by atoms with E-state index in [-0.39, 0.29) is 54.8 Å². The van der Waals surface area contributed by atoms with Gasteiger partial charge >= 0.3 is 12.4 Å². The van der Waals surface area contributed by atoms with Crippen LogP contribution < -0.4 is 20.1 Å². The number of ether oxygens (including phenoxy) is 1. The van der Waals surface area contributed by atoms with Crippen molar-refractivity contribution in [3.63, 3.8) is 0 Å². The number of nitrogens with one attached hydrogen (secondary N) is 1. The molecule has 10 nitrogen and oxygen atoms in total. The highest BCUT2D eigenvalue weighted by atomic mass is 19.4. The number of carbonyl (C=O) groups is 1. The summed E-state index contributed by atoms with van der Waals surface area (Å²) in [5, 5.41) is 14.9. The van der Waals surface area contributed by atoms with Gasteiger partial charge in [-0.2, -0.15) is 36.7 Å². The Morgan fingerprint density at radius 2 is 1.76 bits per heavy atom. The number of carbonyl (C=O) groups excluding carboxylic acids is 1. The summed E-state index contributed by atoms with van der Waals surface area (Å²) >= 11 is 0. The highest BCUT2D eigenvalue weighted by molar-refractivity contribution is 5.78. The number of pyridine rings is 1. The van der Waals surface area contributed by atoms with Crippen LogP contribution >= 0.6 is 0 Å². The Morgan fingerprint density at radius 3 is 2.38 bits per heavy atom. The van der Waals surface area contributed by atoms with Crippen molar-refractivity contribution < 1.29 is 35.9 Å². The second-order valence-electron chi connectivity index (χ2n) is 9.59. The molecule has 1 aromatic carbocycles. The molecule has 16 heteroatoms.